The Labute approximate surface area is 130 Å². The smallest absolute Gasteiger partial charge is 0.0848 e. The van der Waals surface area contributed by atoms with E-state index in [9.17, 15) is 0 Å². The maximum Gasteiger partial charge on any atom is 0.0848 e. The molecule has 0 aromatic rings. The van der Waals surface area contributed by atoms with E-state index >= 15 is 0 Å². The summed E-state index contributed by atoms with van der Waals surface area (Å²) in [7, 11) is 0. The van der Waals surface area contributed by atoms with Gasteiger partial charge in [-0.15, -0.1) is 0 Å². The van der Waals surface area contributed by atoms with Crippen molar-refractivity contribution in [1.29, 1.82) is 0 Å². The molecule has 1 saturated heterocycles. The summed E-state index contributed by atoms with van der Waals surface area (Å²) in [4.78, 5) is 0. The molecule has 0 bridgehead atoms. The number of hydrogen-bond acceptors (Lipinski definition) is 4. The van der Waals surface area contributed by atoms with Crippen molar-refractivity contribution in [1.82, 2.24) is 5.43 Å². The first-order valence-corrected chi connectivity index (χ1v) is 8.92. The minimum atomic E-state index is -0.0491. The number of nitrogens with two attached hydrogens (primary N) is 1. The lowest BCUT2D eigenvalue weighted by molar-refractivity contribution is -0.0985. The van der Waals surface area contributed by atoms with Crippen molar-refractivity contribution in [2.45, 2.75) is 89.4 Å². The summed E-state index contributed by atoms with van der Waals surface area (Å²) < 4.78 is 11.9. The topological polar surface area (TPSA) is 56.5 Å². The van der Waals surface area contributed by atoms with Crippen molar-refractivity contribution >= 4 is 0 Å². The van der Waals surface area contributed by atoms with Gasteiger partial charge >= 0.3 is 0 Å². The molecule has 1 aliphatic heterocycles. The Morgan fingerprint density at radius 3 is 2.67 bits per heavy atom. The molecule has 2 rings (SSSR count). The zero-order valence-corrected chi connectivity index (χ0v) is 13.9. The predicted octanol–water partition coefficient (Wildman–Crippen LogP) is 3.15. The van der Waals surface area contributed by atoms with Crippen LogP contribution in [0.2, 0.25) is 0 Å². The molecule has 2 fully saturated rings. The lowest BCUT2D eigenvalue weighted by Gasteiger charge is -2.44. The van der Waals surface area contributed by atoms with Crippen LogP contribution in [0.4, 0.5) is 0 Å². The summed E-state index contributed by atoms with van der Waals surface area (Å²) in [6, 6.07) is 0.270. The maximum atomic E-state index is 6.22. The second-order valence-electron chi connectivity index (χ2n) is 6.97. The molecule has 21 heavy (non-hydrogen) atoms. The van der Waals surface area contributed by atoms with Crippen molar-refractivity contribution in [3.05, 3.63) is 0 Å². The van der Waals surface area contributed by atoms with E-state index in [1.165, 1.54) is 32.1 Å². The highest BCUT2D eigenvalue weighted by molar-refractivity contribution is 4.96. The van der Waals surface area contributed by atoms with Crippen molar-refractivity contribution < 1.29 is 9.47 Å². The minimum absolute atomic E-state index is 0.0491. The Kier molecular flexibility index (Phi) is 6.93. The van der Waals surface area contributed by atoms with E-state index in [0.717, 1.165) is 44.8 Å². The number of rotatable bonds is 8. The average molecular weight is 298 g/mol. The number of hydrazine groups is 1. The van der Waals surface area contributed by atoms with Gasteiger partial charge in [0.2, 0.25) is 0 Å². The van der Waals surface area contributed by atoms with E-state index in [4.69, 9.17) is 15.3 Å². The van der Waals surface area contributed by atoms with Crippen LogP contribution < -0.4 is 11.3 Å². The fourth-order valence-electron chi connectivity index (χ4n) is 4.05. The second-order valence-corrected chi connectivity index (χ2v) is 6.97. The number of nitrogens with one attached hydrogen (secondary N) is 1. The van der Waals surface area contributed by atoms with Gasteiger partial charge in [0.1, 0.15) is 0 Å². The molecule has 0 amide bonds. The van der Waals surface area contributed by atoms with Crippen LogP contribution in [-0.4, -0.2) is 31.0 Å². The Morgan fingerprint density at radius 1 is 1.33 bits per heavy atom. The van der Waals surface area contributed by atoms with Gasteiger partial charge in [0.15, 0.2) is 0 Å². The number of hydrogen-bond donors (Lipinski definition) is 2. The SMILES string of the molecule is CCOC1(C(CCCC2CCCO2)NN)CCC(C)CC1. The van der Waals surface area contributed by atoms with Gasteiger partial charge in [-0.3, -0.25) is 11.3 Å². The van der Waals surface area contributed by atoms with Crippen LogP contribution in [0.3, 0.4) is 0 Å². The summed E-state index contributed by atoms with van der Waals surface area (Å²) in [5.41, 5.74) is 3.02. The highest BCUT2D eigenvalue weighted by Gasteiger charge is 2.41. The molecule has 2 aliphatic rings. The van der Waals surface area contributed by atoms with Crippen LogP contribution >= 0.6 is 0 Å². The van der Waals surface area contributed by atoms with Crippen molar-refractivity contribution in [3.8, 4) is 0 Å². The summed E-state index contributed by atoms with van der Waals surface area (Å²) >= 11 is 0. The highest BCUT2D eigenvalue weighted by atomic mass is 16.5. The first kappa shape index (κ1) is 17.2. The Hall–Kier alpha value is -0.160. The molecule has 3 N–H and O–H groups in total. The van der Waals surface area contributed by atoms with Gasteiger partial charge in [0, 0.05) is 13.2 Å². The third kappa shape index (κ3) is 4.65. The molecule has 2 atom stereocenters. The zero-order valence-electron chi connectivity index (χ0n) is 13.9. The molecular weight excluding hydrogens is 264 g/mol. The van der Waals surface area contributed by atoms with Gasteiger partial charge in [0.05, 0.1) is 17.7 Å². The van der Waals surface area contributed by atoms with E-state index in [1.807, 2.05) is 0 Å². The van der Waals surface area contributed by atoms with Crippen LogP contribution in [0.25, 0.3) is 0 Å². The second kappa shape index (κ2) is 8.47. The molecular formula is C17H34N2O2. The van der Waals surface area contributed by atoms with Crippen LogP contribution in [0.1, 0.15) is 71.6 Å². The Bertz CT molecular complexity index is 285. The van der Waals surface area contributed by atoms with Crippen LogP contribution in [-0.2, 0) is 9.47 Å². The standard InChI is InChI=1S/C17H34N2O2/c1-3-21-17(11-9-14(2)10-12-17)16(19-18)8-4-6-15-7-5-13-20-15/h14-16,19H,3-13,18H2,1-2H3. The Balaban J connectivity index is 1.85. The molecule has 0 radical (unpaired) electrons. The molecule has 0 spiro atoms. The quantitative estimate of drug-likeness (QED) is 0.534. The Morgan fingerprint density at radius 2 is 2.10 bits per heavy atom. The first-order chi connectivity index (χ1) is 10.2. The molecule has 1 saturated carbocycles. The zero-order chi connectivity index (χ0) is 15.1. The van der Waals surface area contributed by atoms with E-state index in [2.05, 4.69) is 19.3 Å². The van der Waals surface area contributed by atoms with E-state index in [0.29, 0.717) is 6.10 Å². The normalized spacial score (nSPS) is 35.0. The molecule has 124 valence electrons. The summed E-state index contributed by atoms with van der Waals surface area (Å²) in [6.45, 7) is 6.17. The van der Waals surface area contributed by atoms with Gasteiger partial charge in [-0.2, -0.15) is 0 Å². The van der Waals surface area contributed by atoms with Crippen LogP contribution in [0.15, 0.2) is 0 Å². The molecule has 2 unspecified atom stereocenters. The van der Waals surface area contributed by atoms with Crippen LogP contribution in [0.5, 0.6) is 0 Å². The third-order valence-corrected chi connectivity index (χ3v) is 5.43. The first-order valence-electron chi connectivity index (χ1n) is 8.92. The monoisotopic (exact) mass is 298 g/mol. The molecule has 1 heterocycles. The third-order valence-electron chi connectivity index (χ3n) is 5.43. The van der Waals surface area contributed by atoms with Crippen LogP contribution in [0, 0.1) is 5.92 Å². The molecule has 4 nitrogen and oxygen atoms in total. The molecule has 0 aromatic heterocycles. The van der Waals surface area contributed by atoms with Gasteiger partial charge in [0.25, 0.3) is 0 Å². The van der Waals surface area contributed by atoms with Gasteiger partial charge in [-0.1, -0.05) is 6.92 Å². The van der Waals surface area contributed by atoms with Gasteiger partial charge in [-0.25, -0.2) is 0 Å². The average Bonchev–Trinajstić information content (AvgIpc) is 3.00. The molecule has 0 aromatic carbocycles. The van der Waals surface area contributed by atoms with Gasteiger partial charge in [-0.05, 0) is 70.6 Å². The van der Waals surface area contributed by atoms with E-state index in [1.54, 1.807) is 0 Å². The summed E-state index contributed by atoms with van der Waals surface area (Å²) in [6.07, 6.45) is 11.1. The van der Waals surface area contributed by atoms with Gasteiger partial charge < -0.3 is 9.47 Å². The predicted molar refractivity (Wildman–Crippen MR) is 85.9 cm³/mol. The van der Waals surface area contributed by atoms with Crippen molar-refractivity contribution in [2.75, 3.05) is 13.2 Å². The largest absolute Gasteiger partial charge is 0.378 e. The fourth-order valence-corrected chi connectivity index (χ4v) is 4.05. The lowest BCUT2D eigenvalue weighted by atomic mass is 9.74. The van der Waals surface area contributed by atoms with Crippen molar-refractivity contribution in [2.24, 2.45) is 11.8 Å². The fraction of sp³-hybridized carbons (Fsp3) is 1.00. The molecule has 4 heteroatoms. The van der Waals surface area contributed by atoms with E-state index in [-0.39, 0.29) is 11.6 Å². The minimum Gasteiger partial charge on any atom is -0.378 e. The van der Waals surface area contributed by atoms with Crippen molar-refractivity contribution in [3.63, 3.8) is 0 Å². The number of ether oxygens (including phenoxy) is 2. The summed E-state index contributed by atoms with van der Waals surface area (Å²) in [5.74, 6) is 6.71. The highest BCUT2D eigenvalue weighted by Crippen LogP contribution is 2.38. The summed E-state index contributed by atoms with van der Waals surface area (Å²) in [5, 5.41) is 0. The lowest BCUT2D eigenvalue weighted by Crippen LogP contribution is -2.56. The molecule has 1 aliphatic carbocycles. The van der Waals surface area contributed by atoms with E-state index < -0.39 is 0 Å². The maximum absolute atomic E-state index is 6.22.